The number of aromatic nitrogens is 1. The standard InChI is InChI=1S/C15H19N3O3S/c16-22(20,21)10-11-8-15(19)18(9-11)7-5-12-2-1-3-14-13(12)4-6-17-14/h1-4,6,11,17H,5,7-10H2,(H2,16,20,21). The van der Waals surface area contributed by atoms with Crippen molar-refractivity contribution in [3.05, 3.63) is 36.0 Å². The van der Waals surface area contributed by atoms with Gasteiger partial charge in [0, 0.05) is 42.5 Å². The SMILES string of the molecule is NS(=O)(=O)CC1CC(=O)N(CCc2cccc3[nH]ccc23)C1. The average Bonchev–Trinajstić information content (AvgIpc) is 3.01. The van der Waals surface area contributed by atoms with Crippen molar-refractivity contribution in [1.29, 1.82) is 0 Å². The third-order valence-corrected chi connectivity index (χ3v) is 5.03. The lowest BCUT2D eigenvalue weighted by atomic mass is 10.1. The molecule has 1 unspecified atom stereocenters. The fraction of sp³-hybridized carbons (Fsp3) is 0.400. The highest BCUT2D eigenvalue weighted by atomic mass is 32.2. The minimum atomic E-state index is -3.53. The number of nitrogens with two attached hydrogens (primary N) is 1. The molecule has 1 aliphatic rings. The maximum absolute atomic E-state index is 12.0. The molecule has 3 N–H and O–H groups in total. The summed E-state index contributed by atoms with van der Waals surface area (Å²) in [5.41, 5.74) is 2.26. The fourth-order valence-electron chi connectivity index (χ4n) is 3.13. The number of aromatic amines is 1. The number of hydrogen-bond acceptors (Lipinski definition) is 3. The molecule has 0 spiro atoms. The number of benzene rings is 1. The molecule has 3 rings (SSSR count). The van der Waals surface area contributed by atoms with Crippen molar-refractivity contribution >= 4 is 26.8 Å². The molecule has 2 heterocycles. The first-order chi connectivity index (χ1) is 10.4. The van der Waals surface area contributed by atoms with Crippen LogP contribution in [0.3, 0.4) is 0 Å². The average molecular weight is 321 g/mol. The van der Waals surface area contributed by atoms with E-state index in [1.165, 1.54) is 5.56 Å². The van der Waals surface area contributed by atoms with Crippen LogP contribution in [-0.4, -0.2) is 43.1 Å². The second-order valence-electron chi connectivity index (χ2n) is 5.85. The molecule has 1 amide bonds. The van der Waals surface area contributed by atoms with E-state index >= 15 is 0 Å². The van der Waals surface area contributed by atoms with Gasteiger partial charge in [-0.25, -0.2) is 13.6 Å². The highest BCUT2D eigenvalue weighted by molar-refractivity contribution is 7.89. The number of rotatable bonds is 5. The third kappa shape index (κ3) is 3.31. The predicted octanol–water partition coefficient (Wildman–Crippen LogP) is 0.847. The molecule has 1 aromatic carbocycles. The zero-order valence-corrected chi connectivity index (χ0v) is 13.0. The summed E-state index contributed by atoms with van der Waals surface area (Å²) in [4.78, 5) is 16.9. The molecule has 0 saturated carbocycles. The van der Waals surface area contributed by atoms with E-state index < -0.39 is 10.0 Å². The van der Waals surface area contributed by atoms with Crippen molar-refractivity contribution < 1.29 is 13.2 Å². The second-order valence-corrected chi connectivity index (χ2v) is 7.50. The summed E-state index contributed by atoms with van der Waals surface area (Å²) in [5.74, 6) is -0.303. The van der Waals surface area contributed by atoms with Crippen molar-refractivity contribution in [2.24, 2.45) is 11.1 Å². The Bertz CT molecular complexity index is 797. The zero-order valence-electron chi connectivity index (χ0n) is 12.2. The number of carbonyl (C=O) groups excluding carboxylic acids is 1. The van der Waals surface area contributed by atoms with Gasteiger partial charge in [-0.3, -0.25) is 4.79 Å². The molecule has 2 aromatic rings. The van der Waals surface area contributed by atoms with Crippen LogP contribution in [0.15, 0.2) is 30.5 Å². The molecule has 22 heavy (non-hydrogen) atoms. The predicted molar refractivity (Wildman–Crippen MR) is 84.7 cm³/mol. The first-order valence-corrected chi connectivity index (χ1v) is 8.97. The topological polar surface area (TPSA) is 96.3 Å². The van der Waals surface area contributed by atoms with Gasteiger partial charge < -0.3 is 9.88 Å². The van der Waals surface area contributed by atoms with Crippen LogP contribution < -0.4 is 5.14 Å². The molecule has 1 saturated heterocycles. The lowest BCUT2D eigenvalue weighted by molar-refractivity contribution is -0.127. The summed E-state index contributed by atoms with van der Waals surface area (Å²) in [6, 6.07) is 8.09. The van der Waals surface area contributed by atoms with E-state index in [2.05, 4.69) is 11.1 Å². The van der Waals surface area contributed by atoms with Crippen molar-refractivity contribution in [2.75, 3.05) is 18.8 Å². The maximum Gasteiger partial charge on any atom is 0.222 e. The van der Waals surface area contributed by atoms with Crippen molar-refractivity contribution in [2.45, 2.75) is 12.8 Å². The van der Waals surface area contributed by atoms with E-state index in [1.54, 1.807) is 4.90 Å². The molecular formula is C15H19N3O3S. The van der Waals surface area contributed by atoms with Gasteiger partial charge in [-0.1, -0.05) is 12.1 Å². The van der Waals surface area contributed by atoms with E-state index in [0.29, 0.717) is 13.1 Å². The Morgan fingerprint density at radius 3 is 2.91 bits per heavy atom. The van der Waals surface area contributed by atoms with Crippen LogP contribution in [0.2, 0.25) is 0 Å². The smallest absolute Gasteiger partial charge is 0.222 e. The Kier molecular flexibility index (Phi) is 3.92. The van der Waals surface area contributed by atoms with Gasteiger partial charge in [0.1, 0.15) is 0 Å². The van der Waals surface area contributed by atoms with Gasteiger partial charge in [-0.2, -0.15) is 0 Å². The Morgan fingerprint density at radius 2 is 2.14 bits per heavy atom. The molecule has 1 atom stereocenters. The highest BCUT2D eigenvalue weighted by Gasteiger charge is 2.31. The largest absolute Gasteiger partial charge is 0.361 e. The number of sulfonamides is 1. The molecule has 6 nitrogen and oxygen atoms in total. The van der Waals surface area contributed by atoms with E-state index in [9.17, 15) is 13.2 Å². The maximum atomic E-state index is 12.0. The van der Waals surface area contributed by atoms with Crippen LogP contribution >= 0.6 is 0 Å². The summed E-state index contributed by atoms with van der Waals surface area (Å²) < 4.78 is 22.3. The van der Waals surface area contributed by atoms with Crippen LogP contribution in [0.25, 0.3) is 10.9 Å². The fourth-order valence-corrected chi connectivity index (χ4v) is 4.01. The summed E-state index contributed by atoms with van der Waals surface area (Å²) in [6.45, 7) is 1.07. The lowest BCUT2D eigenvalue weighted by Crippen LogP contribution is -2.29. The third-order valence-electron chi connectivity index (χ3n) is 4.10. The van der Waals surface area contributed by atoms with E-state index in [-0.39, 0.29) is 24.0 Å². The van der Waals surface area contributed by atoms with E-state index in [0.717, 1.165) is 17.3 Å². The number of carbonyl (C=O) groups is 1. The van der Waals surface area contributed by atoms with Gasteiger partial charge in [0.05, 0.1) is 5.75 Å². The Morgan fingerprint density at radius 1 is 1.32 bits per heavy atom. The Balaban J connectivity index is 1.64. The van der Waals surface area contributed by atoms with Gasteiger partial charge in [0.2, 0.25) is 15.9 Å². The molecule has 1 fully saturated rings. The minimum Gasteiger partial charge on any atom is -0.361 e. The monoisotopic (exact) mass is 321 g/mol. The zero-order chi connectivity index (χ0) is 15.7. The van der Waals surface area contributed by atoms with Crippen molar-refractivity contribution in [1.82, 2.24) is 9.88 Å². The normalized spacial score (nSPS) is 19.2. The van der Waals surface area contributed by atoms with E-state index in [1.807, 2.05) is 24.4 Å². The number of primary sulfonamides is 1. The summed E-state index contributed by atoms with van der Waals surface area (Å²) >= 11 is 0. The molecule has 118 valence electrons. The van der Waals surface area contributed by atoms with Crippen LogP contribution in [0, 0.1) is 5.92 Å². The molecule has 0 aliphatic carbocycles. The van der Waals surface area contributed by atoms with Crippen molar-refractivity contribution in [3.8, 4) is 0 Å². The number of nitrogens with one attached hydrogen (secondary N) is 1. The summed E-state index contributed by atoms with van der Waals surface area (Å²) in [6.07, 6.45) is 2.92. The number of likely N-dealkylation sites (tertiary alicyclic amines) is 1. The summed E-state index contributed by atoms with van der Waals surface area (Å²) in [5, 5.41) is 6.22. The van der Waals surface area contributed by atoms with Crippen molar-refractivity contribution in [3.63, 3.8) is 0 Å². The Hall–Kier alpha value is -1.86. The number of amides is 1. The van der Waals surface area contributed by atoms with Crippen LogP contribution in [0.5, 0.6) is 0 Å². The van der Waals surface area contributed by atoms with Crippen LogP contribution in [0.4, 0.5) is 0 Å². The number of fused-ring (bicyclic) bond motifs is 1. The van der Waals surface area contributed by atoms with E-state index in [4.69, 9.17) is 5.14 Å². The molecule has 0 bridgehead atoms. The van der Waals surface area contributed by atoms with Crippen LogP contribution in [-0.2, 0) is 21.2 Å². The molecule has 1 aliphatic heterocycles. The number of hydrogen-bond donors (Lipinski definition) is 2. The minimum absolute atomic E-state index is 0.00916. The quantitative estimate of drug-likeness (QED) is 0.854. The first-order valence-electron chi connectivity index (χ1n) is 7.25. The summed E-state index contributed by atoms with van der Waals surface area (Å²) in [7, 11) is -3.53. The van der Waals surface area contributed by atoms with Gasteiger partial charge in [-0.15, -0.1) is 0 Å². The lowest BCUT2D eigenvalue weighted by Gasteiger charge is -2.16. The number of nitrogens with zero attached hydrogens (tertiary/aromatic N) is 1. The molecule has 0 radical (unpaired) electrons. The Labute approximate surface area is 129 Å². The van der Waals surface area contributed by atoms with Gasteiger partial charge >= 0.3 is 0 Å². The van der Waals surface area contributed by atoms with Gasteiger partial charge in [-0.05, 0) is 24.1 Å². The molecular weight excluding hydrogens is 302 g/mol. The van der Waals surface area contributed by atoms with Gasteiger partial charge in [0.15, 0.2) is 0 Å². The van der Waals surface area contributed by atoms with Gasteiger partial charge in [0.25, 0.3) is 0 Å². The number of H-pyrrole nitrogens is 1. The molecule has 1 aromatic heterocycles. The second kappa shape index (κ2) is 5.73. The highest BCUT2D eigenvalue weighted by Crippen LogP contribution is 2.21. The van der Waals surface area contributed by atoms with Crippen LogP contribution in [0.1, 0.15) is 12.0 Å². The first kappa shape index (κ1) is 15.1. The molecule has 7 heteroatoms.